The van der Waals surface area contributed by atoms with Crippen molar-refractivity contribution in [3.8, 4) is 5.75 Å². The van der Waals surface area contributed by atoms with Crippen molar-refractivity contribution in [1.82, 2.24) is 9.88 Å². The second-order valence-corrected chi connectivity index (χ2v) is 7.84. The van der Waals surface area contributed by atoms with E-state index in [4.69, 9.17) is 4.74 Å². The summed E-state index contributed by atoms with van der Waals surface area (Å²) in [6, 6.07) is 18.2. The summed E-state index contributed by atoms with van der Waals surface area (Å²) in [5.74, 6) is 1.73. The minimum absolute atomic E-state index is 0.515. The van der Waals surface area contributed by atoms with E-state index in [0.717, 1.165) is 18.2 Å². The second-order valence-electron chi connectivity index (χ2n) is 7.84. The summed E-state index contributed by atoms with van der Waals surface area (Å²) in [5.41, 5.74) is 2.59. The van der Waals surface area contributed by atoms with E-state index in [1.54, 1.807) is 7.11 Å². The Kier molecular flexibility index (Phi) is 4.21. The highest BCUT2D eigenvalue weighted by Crippen LogP contribution is 2.40. The fourth-order valence-electron chi connectivity index (χ4n) is 4.89. The Labute approximate surface area is 160 Å². The number of hydrogen-bond donors (Lipinski definition) is 1. The zero-order valence-corrected chi connectivity index (χ0v) is 15.6. The van der Waals surface area contributed by atoms with Gasteiger partial charge in [-0.3, -0.25) is 9.88 Å². The van der Waals surface area contributed by atoms with Gasteiger partial charge >= 0.3 is 0 Å². The summed E-state index contributed by atoms with van der Waals surface area (Å²) in [6.07, 6.45) is 6.40. The van der Waals surface area contributed by atoms with E-state index in [0.29, 0.717) is 12.1 Å². The molecule has 3 atom stereocenters. The van der Waals surface area contributed by atoms with Crippen molar-refractivity contribution < 1.29 is 4.74 Å². The highest BCUT2D eigenvalue weighted by Gasteiger charge is 2.44. The summed E-state index contributed by atoms with van der Waals surface area (Å²) in [4.78, 5) is 6.90. The Morgan fingerprint density at radius 3 is 2.81 bits per heavy atom. The van der Waals surface area contributed by atoms with Gasteiger partial charge in [0.15, 0.2) is 0 Å². The predicted octanol–water partition coefficient (Wildman–Crippen LogP) is 4.32. The average Bonchev–Trinajstić information content (AvgIpc) is 3.29. The zero-order valence-electron chi connectivity index (χ0n) is 15.6. The molecule has 1 aliphatic heterocycles. The van der Waals surface area contributed by atoms with Gasteiger partial charge in [-0.15, -0.1) is 0 Å². The lowest BCUT2D eigenvalue weighted by atomic mass is 10.0. The van der Waals surface area contributed by atoms with Crippen LogP contribution >= 0.6 is 0 Å². The van der Waals surface area contributed by atoms with E-state index < -0.39 is 0 Å². The molecule has 0 unspecified atom stereocenters. The van der Waals surface area contributed by atoms with Gasteiger partial charge in [0.25, 0.3) is 0 Å². The van der Waals surface area contributed by atoms with Gasteiger partial charge in [-0.2, -0.15) is 0 Å². The van der Waals surface area contributed by atoms with Crippen molar-refractivity contribution in [2.45, 2.75) is 31.5 Å². The largest absolute Gasteiger partial charge is 0.497 e. The van der Waals surface area contributed by atoms with Crippen LogP contribution in [-0.2, 0) is 6.54 Å². The van der Waals surface area contributed by atoms with E-state index in [2.05, 4.69) is 63.7 Å². The topological polar surface area (TPSA) is 37.4 Å². The number of rotatable bonds is 5. The minimum atomic E-state index is 0.515. The quantitative estimate of drug-likeness (QED) is 0.736. The molecule has 2 aliphatic rings. The first kappa shape index (κ1) is 16.6. The van der Waals surface area contributed by atoms with Crippen LogP contribution in [0.4, 0.5) is 5.69 Å². The Bertz CT molecular complexity index is 935. The van der Waals surface area contributed by atoms with Gasteiger partial charge in [0.1, 0.15) is 5.75 Å². The fourth-order valence-corrected chi connectivity index (χ4v) is 4.89. The molecule has 0 radical (unpaired) electrons. The molecule has 4 nitrogen and oxygen atoms in total. The number of nitrogens with zero attached hydrogens (tertiary/aromatic N) is 2. The van der Waals surface area contributed by atoms with Crippen LogP contribution in [0, 0.1) is 5.92 Å². The molecule has 2 fully saturated rings. The normalized spacial score (nSPS) is 24.4. The third-order valence-electron chi connectivity index (χ3n) is 6.15. The molecule has 0 spiro atoms. The Morgan fingerprint density at radius 2 is 2.00 bits per heavy atom. The maximum absolute atomic E-state index is 5.28. The van der Waals surface area contributed by atoms with E-state index in [-0.39, 0.29) is 0 Å². The van der Waals surface area contributed by atoms with Crippen LogP contribution in [0.15, 0.2) is 60.9 Å². The van der Waals surface area contributed by atoms with Crippen LogP contribution in [0.3, 0.4) is 0 Å². The van der Waals surface area contributed by atoms with Crippen LogP contribution in [0.1, 0.15) is 18.4 Å². The molecule has 4 heteroatoms. The summed E-state index contributed by atoms with van der Waals surface area (Å²) >= 11 is 0. The maximum atomic E-state index is 5.28. The first-order valence-corrected chi connectivity index (χ1v) is 9.76. The van der Waals surface area contributed by atoms with Crippen molar-refractivity contribution in [3.63, 3.8) is 0 Å². The van der Waals surface area contributed by atoms with Crippen LogP contribution in [-0.4, -0.2) is 35.6 Å². The van der Waals surface area contributed by atoms with E-state index in [9.17, 15) is 0 Å². The lowest BCUT2D eigenvalue weighted by Crippen LogP contribution is -2.44. The molecule has 1 saturated heterocycles. The molecule has 27 heavy (non-hydrogen) atoms. The van der Waals surface area contributed by atoms with Crippen molar-refractivity contribution in [3.05, 3.63) is 66.5 Å². The molecule has 2 heterocycles. The molecular weight excluding hydrogens is 334 g/mol. The Hall–Kier alpha value is -2.59. The third-order valence-corrected chi connectivity index (χ3v) is 6.15. The molecule has 1 aromatic heterocycles. The summed E-state index contributed by atoms with van der Waals surface area (Å²) in [7, 11) is 1.72. The van der Waals surface area contributed by atoms with Gasteiger partial charge in [0, 0.05) is 54.0 Å². The summed E-state index contributed by atoms with van der Waals surface area (Å²) in [5, 5.41) is 6.32. The SMILES string of the molecule is COc1ccc(CN2C[C@H]3C[C@@H]2[C@H](Nc2cccc4cnccc24)C3)cc1. The number of piperidine rings is 1. The van der Waals surface area contributed by atoms with Gasteiger partial charge in [-0.1, -0.05) is 24.3 Å². The monoisotopic (exact) mass is 359 g/mol. The highest BCUT2D eigenvalue weighted by atomic mass is 16.5. The number of nitrogens with one attached hydrogen (secondary N) is 1. The molecule has 2 bridgehead atoms. The molecule has 0 amide bonds. The number of ether oxygens (including phenoxy) is 1. The zero-order chi connectivity index (χ0) is 18.2. The predicted molar refractivity (Wildman–Crippen MR) is 109 cm³/mol. The van der Waals surface area contributed by atoms with Crippen molar-refractivity contribution >= 4 is 16.5 Å². The number of hydrogen-bond acceptors (Lipinski definition) is 4. The number of pyridine rings is 1. The molecule has 1 saturated carbocycles. The highest BCUT2D eigenvalue weighted by molar-refractivity contribution is 5.93. The van der Waals surface area contributed by atoms with Gasteiger partial charge in [0.05, 0.1) is 7.11 Å². The third kappa shape index (κ3) is 3.15. The maximum Gasteiger partial charge on any atom is 0.118 e. The lowest BCUT2D eigenvalue weighted by Gasteiger charge is -2.34. The Balaban J connectivity index is 1.33. The number of anilines is 1. The van der Waals surface area contributed by atoms with Crippen LogP contribution in [0.5, 0.6) is 5.75 Å². The van der Waals surface area contributed by atoms with Gasteiger partial charge in [-0.25, -0.2) is 0 Å². The molecule has 5 rings (SSSR count). The van der Waals surface area contributed by atoms with Crippen LogP contribution in [0.2, 0.25) is 0 Å². The number of fused-ring (bicyclic) bond motifs is 3. The van der Waals surface area contributed by atoms with E-state index in [1.807, 2.05) is 12.4 Å². The Morgan fingerprint density at radius 1 is 1.11 bits per heavy atom. The number of aromatic nitrogens is 1. The first-order chi connectivity index (χ1) is 13.3. The molecule has 2 aromatic carbocycles. The second kappa shape index (κ2) is 6.86. The smallest absolute Gasteiger partial charge is 0.118 e. The minimum Gasteiger partial charge on any atom is -0.497 e. The van der Waals surface area contributed by atoms with Crippen LogP contribution in [0.25, 0.3) is 10.8 Å². The van der Waals surface area contributed by atoms with Gasteiger partial charge in [0.2, 0.25) is 0 Å². The average molecular weight is 359 g/mol. The molecule has 3 aromatic rings. The van der Waals surface area contributed by atoms with E-state index >= 15 is 0 Å². The van der Waals surface area contributed by atoms with Crippen molar-refractivity contribution in [1.29, 1.82) is 0 Å². The summed E-state index contributed by atoms with van der Waals surface area (Å²) in [6.45, 7) is 2.23. The van der Waals surface area contributed by atoms with Crippen molar-refractivity contribution in [2.24, 2.45) is 5.92 Å². The fraction of sp³-hybridized carbons (Fsp3) is 0.348. The molecular formula is C23H25N3O. The number of likely N-dealkylation sites (tertiary alicyclic amines) is 1. The van der Waals surface area contributed by atoms with Crippen molar-refractivity contribution in [2.75, 3.05) is 19.0 Å². The van der Waals surface area contributed by atoms with Gasteiger partial charge in [-0.05, 0) is 48.6 Å². The molecule has 1 aliphatic carbocycles. The summed E-state index contributed by atoms with van der Waals surface area (Å²) < 4.78 is 5.28. The molecule has 1 N–H and O–H groups in total. The first-order valence-electron chi connectivity index (χ1n) is 9.76. The number of benzene rings is 2. The van der Waals surface area contributed by atoms with Gasteiger partial charge < -0.3 is 10.1 Å². The number of methoxy groups -OCH3 is 1. The molecule has 138 valence electrons. The van der Waals surface area contributed by atoms with Crippen LogP contribution < -0.4 is 10.1 Å². The standard InChI is InChI=1S/C23H25N3O/c1-27-19-7-5-16(6-8-19)14-26-15-17-11-22(23(26)12-17)25-21-4-2-3-18-13-24-10-9-20(18)21/h2-10,13,17,22-23,25H,11-12,14-15H2,1H3/t17-,22-,23-/m1/s1. The lowest BCUT2D eigenvalue weighted by molar-refractivity contribution is 0.192. The van der Waals surface area contributed by atoms with E-state index in [1.165, 1.54) is 41.4 Å².